The number of likely N-dealkylation sites (N-methyl/N-ethyl adjacent to an activating group) is 1. The molecule has 1 aliphatic heterocycles. The molecule has 5 heteroatoms. The molecule has 0 N–H and O–H groups in total. The van der Waals surface area contributed by atoms with E-state index in [1.165, 1.54) is 7.05 Å². The van der Waals surface area contributed by atoms with Gasteiger partial charge in [0.1, 0.15) is 11.6 Å². The maximum absolute atomic E-state index is 12.0. The molecule has 2 amide bonds. The third kappa shape index (κ3) is 3.23. The molecule has 0 saturated carbocycles. The quantitative estimate of drug-likeness (QED) is 0.442. The number of hydrogen-bond donors (Lipinski definition) is 0. The number of allylic oxidation sites excluding steroid dienone is 4. The molecule has 20 heavy (non-hydrogen) atoms. The van der Waals surface area contributed by atoms with Crippen molar-refractivity contribution in [3.8, 4) is 6.07 Å². The van der Waals surface area contributed by atoms with Crippen LogP contribution >= 0.6 is 0 Å². The molecule has 104 valence electrons. The van der Waals surface area contributed by atoms with Crippen LogP contribution < -0.4 is 0 Å². The minimum Gasteiger partial charge on any atom is -0.383 e. The summed E-state index contributed by atoms with van der Waals surface area (Å²) in [6.45, 7) is 1.61. The van der Waals surface area contributed by atoms with Crippen LogP contribution in [0.4, 0.5) is 0 Å². The fourth-order valence-electron chi connectivity index (χ4n) is 1.66. The molecule has 1 rings (SSSR count). The monoisotopic (exact) mass is 271 g/mol. The fraction of sp³-hybridized carbons (Fsp3) is 0.267. The third-order valence-electron chi connectivity index (χ3n) is 2.81. The van der Waals surface area contributed by atoms with Gasteiger partial charge >= 0.3 is 0 Å². The van der Waals surface area contributed by atoms with Crippen molar-refractivity contribution in [1.29, 1.82) is 5.26 Å². The highest BCUT2D eigenvalue weighted by Crippen LogP contribution is 2.23. The van der Waals surface area contributed by atoms with Crippen LogP contribution in [0.1, 0.15) is 6.92 Å². The topological polar surface area (TPSA) is 64.4 Å². The minimum absolute atomic E-state index is 0.00980. The third-order valence-corrected chi connectivity index (χ3v) is 2.81. The summed E-state index contributed by atoms with van der Waals surface area (Å²) in [7, 11) is 5.18. The Hall–Kier alpha value is -2.61. The van der Waals surface area contributed by atoms with Gasteiger partial charge in [0.25, 0.3) is 11.8 Å². The second-order valence-electron chi connectivity index (χ2n) is 4.55. The van der Waals surface area contributed by atoms with Gasteiger partial charge in [-0.3, -0.25) is 14.5 Å². The average Bonchev–Trinajstić information content (AvgIpc) is 2.40. The highest BCUT2D eigenvalue weighted by atomic mass is 16.2. The van der Waals surface area contributed by atoms with Gasteiger partial charge in [0.2, 0.25) is 0 Å². The predicted molar refractivity (Wildman–Crippen MR) is 76.1 cm³/mol. The van der Waals surface area contributed by atoms with E-state index in [2.05, 4.69) is 0 Å². The van der Waals surface area contributed by atoms with Crippen molar-refractivity contribution in [3.63, 3.8) is 0 Å². The van der Waals surface area contributed by atoms with Gasteiger partial charge in [0.05, 0.1) is 0 Å². The minimum atomic E-state index is -0.552. The van der Waals surface area contributed by atoms with Crippen LogP contribution in [0.2, 0.25) is 0 Å². The Labute approximate surface area is 118 Å². The van der Waals surface area contributed by atoms with Crippen LogP contribution in [0.3, 0.4) is 0 Å². The van der Waals surface area contributed by atoms with Crippen molar-refractivity contribution in [3.05, 3.63) is 47.2 Å². The Morgan fingerprint density at radius 3 is 2.35 bits per heavy atom. The van der Waals surface area contributed by atoms with Gasteiger partial charge in [-0.2, -0.15) is 5.26 Å². The number of rotatable bonds is 3. The van der Waals surface area contributed by atoms with Crippen molar-refractivity contribution in [2.45, 2.75) is 6.92 Å². The van der Waals surface area contributed by atoms with Crippen LogP contribution in [0, 0.1) is 11.3 Å². The number of nitriles is 1. The van der Waals surface area contributed by atoms with Gasteiger partial charge < -0.3 is 4.90 Å². The Balaban J connectivity index is 3.10. The first-order chi connectivity index (χ1) is 9.40. The standard InChI is InChI=1S/C15H17N3O2/c1-11-12(8-6-5-7-9-17(2)3)14(19)18(4)15(20)13(11)10-16/h5-9H,1-4H3/b6-5+,9-7+,12-8+. The molecule has 0 aromatic carbocycles. The number of hydrogen-bond acceptors (Lipinski definition) is 4. The summed E-state index contributed by atoms with van der Waals surface area (Å²) in [4.78, 5) is 26.6. The first-order valence-corrected chi connectivity index (χ1v) is 6.05. The number of imide groups is 1. The van der Waals surface area contributed by atoms with Crippen molar-refractivity contribution >= 4 is 11.8 Å². The number of carbonyl (C=O) groups excluding carboxylic acids is 2. The number of nitrogens with zero attached hydrogens (tertiary/aromatic N) is 3. The molecule has 0 aliphatic carbocycles. The molecule has 0 fully saturated rings. The summed E-state index contributed by atoms with van der Waals surface area (Å²) in [6.07, 6.45) is 8.77. The van der Waals surface area contributed by atoms with Crippen molar-refractivity contribution < 1.29 is 9.59 Å². The lowest BCUT2D eigenvalue weighted by molar-refractivity contribution is -0.138. The molecule has 1 aliphatic rings. The predicted octanol–water partition coefficient (Wildman–Crippen LogP) is 1.38. The van der Waals surface area contributed by atoms with Crippen LogP contribution in [0.25, 0.3) is 0 Å². The van der Waals surface area contributed by atoms with E-state index in [0.29, 0.717) is 11.1 Å². The summed E-state index contributed by atoms with van der Waals surface area (Å²) in [5.74, 6) is -0.948. The van der Waals surface area contributed by atoms with E-state index in [9.17, 15) is 9.59 Å². The Kier molecular flexibility index (Phi) is 5.04. The van der Waals surface area contributed by atoms with E-state index >= 15 is 0 Å². The van der Waals surface area contributed by atoms with Gasteiger partial charge in [-0.25, -0.2) is 0 Å². The summed E-state index contributed by atoms with van der Waals surface area (Å²) in [6, 6.07) is 1.85. The number of amides is 2. The molecule has 0 unspecified atom stereocenters. The van der Waals surface area contributed by atoms with E-state index in [4.69, 9.17) is 5.26 Å². The average molecular weight is 271 g/mol. The van der Waals surface area contributed by atoms with Gasteiger partial charge in [-0.05, 0) is 30.8 Å². The van der Waals surface area contributed by atoms with E-state index < -0.39 is 11.8 Å². The second kappa shape index (κ2) is 6.53. The SMILES string of the molecule is CC1=C(C#N)C(=O)N(C)C(=O)/C1=C/C=C/C=C/N(C)C. The second-order valence-corrected chi connectivity index (χ2v) is 4.55. The largest absolute Gasteiger partial charge is 0.383 e. The molecule has 0 radical (unpaired) electrons. The highest BCUT2D eigenvalue weighted by Gasteiger charge is 2.32. The maximum Gasteiger partial charge on any atom is 0.271 e. The lowest BCUT2D eigenvalue weighted by Gasteiger charge is -2.23. The molecular formula is C15H17N3O2. The molecule has 5 nitrogen and oxygen atoms in total. The van der Waals surface area contributed by atoms with E-state index in [0.717, 1.165) is 4.90 Å². The van der Waals surface area contributed by atoms with E-state index in [-0.39, 0.29) is 5.57 Å². The first kappa shape index (κ1) is 15.4. The zero-order valence-electron chi connectivity index (χ0n) is 12.0. The Morgan fingerprint density at radius 2 is 1.80 bits per heavy atom. The van der Waals surface area contributed by atoms with Gasteiger partial charge in [-0.1, -0.05) is 12.2 Å². The van der Waals surface area contributed by atoms with Gasteiger partial charge in [-0.15, -0.1) is 0 Å². The lowest BCUT2D eigenvalue weighted by Crippen LogP contribution is -2.39. The van der Waals surface area contributed by atoms with E-state index in [1.807, 2.05) is 37.3 Å². The highest BCUT2D eigenvalue weighted by molar-refractivity contribution is 6.17. The molecule has 0 aromatic heterocycles. The van der Waals surface area contributed by atoms with Crippen molar-refractivity contribution in [1.82, 2.24) is 9.80 Å². The fourth-order valence-corrected chi connectivity index (χ4v) is 1.66. The Morgan fingerprint density at radius 1 is 1.15 bits per heavy atom. The van der Waals surface area contributed by atoms with Gasteiger partial charge in [0.15, 0.2) is 0 Å². The molecule has 0 aromatic rings. The zero-order valence-corrected chi connectivity index (χ0v) is 12.0. The molecule has 0 atom stereocenters. The molecule has 1 heterocycles. The first-order valence-electron chi connectivity index (χ1n) is 6.05. The van der Waals surface area contributed by atoms with Crippen molar-refractivity contribution in [2.24, 2.45) is 0 Å². The molecular weight excluding hydrogens is 254 g/mol. The van der Waals surface area contributed by atoms with Crippen LogP contribution in [-0.2, 0) is 9.59 Å². The Bertz CT molecular complexity index is 587. The maximum atomic E-state index is 12.0. The summed E-state index contributed by atoms with van der Waals surface area (Å²) < 4.78 is 0. The number of carbonyl (C=O) groups is 2. The molecule has 0 saturated heterocycles. The summed E-state index contributed by atoms with van der Waals surface area (Å²) in [5.41, 5.74) is 0.788. The molecule has 0 bridgehead atoms. The normalized spacial score (nSPS) is 18.6. The van der Waals surface area contributed by atoms with E-state index in [1.54, 1.807) is 25.2 Å². The summed E-state index contributed by atoms with van der Waals surface area (Å²) in [5, 5.41) is 9.00. The zero-order chi connectivity index (χ0) is 15.3. The van der Waals surface area contributed by atoms with Crippen LogP contribution in [0.5, 0.6) is 0 Å². The van der Waals surface area contributed by atoms with Crippen LogP contribution in [-0.4, -0.2) is 42.8 Å². The van der Waals surface area contributed by atoms with Crippen molar-refractivity contribution in [2.75, 3.05) is 21.1 Å². The lowest BCUT2D eigenvalue weighted by atomic mass is 9.95. The van der Waals surface area contributed by atoms with Crippen LogP contribution in [0.15, 0.2) is 47.2 Å². The summed E-state index contributed by atoms with van der Waals surface area (Å²) >= 11 is 0. The smallest absolute Gasteiger partial charge is 0.271 e. The molecule has 0 spiro atoms. The van der Waals surface area contributed by atoms with Gasteiger partial charge in [0, 0.05) is 26.7 Å².